The first kappa shape index (κ1) is 34.8. The fourth-order valence-corrected chi connectivity index (χ4v) is 3.54. The summed E-state index contributed by atoms with van der Waals surface area (Å²) in [6.45, 7) is 3.25. The number of nitrogens with one attached hydrogen (secondary N) is 1. The normalized spacial score (nSPS) is 11.5. The minimum absolute atomic E-state index is 0.000441. The van der Waals surface area contributed by atoms with E-state index >= 15 is 0 Å². The molecule has 1 atom stereocenters. The van der Waals surface area contributed by atoms with Crippen LogP contribution in [0.3, 0.4) is 0 Å². The molecule has 5 N–H and O–H groups in total. The lowest BCUT2D eigenvalue weighted by Crippen LogP contribution is -2.41. The fraction of sp³-hybridized carbons (Fsp3) is 0.852. The van der Waals surface area contributed by atoms with Gasteiger partial charge in [-0.05, 0) is 25.8 Å². The van der Waals surface area contributed by atoms with Crippen LogP contribution < -0.4 is 16.8 Å². The second-order valence-corrected chi connectivity index (χ2v) is 9.28. The van der Waals surface area contributed by atoms with Crippen LogP contribution in [0.2, 0.25) is 0 Å². The Morgan fingerprint density at radius 3 is 1.73 bits per heavy atom. The number of amides is 1. The molecule has 0 saturated heterocycles. The highest BCUT2D eigenvalue weighted by molar-refractivity contribution is 5.81. The number of hydrogen-bond acceptors (Lipinski definition) is 9. The topological polar surface area (TPSA) is 160 Å². The zero-order valence-corrected chi connectivity index (χ0v) is 22.9. The summed E-state index contributed by atoms with van der Waals surface area (Å²) in [5.74, 6) is -1.59. The van der Waals surface area contributed by atoms with Gasteiger partial charge in [0.1, 0.15) is 6.61 Å². The molecule has 37 heavy (non-hydrogen) atoms. The fourth-order valence-electron chi connectivity index (χ4n) is 3.54. The third-order valence-corrected chi connectivity index (χ3v) is 5.80. The summed E-state index contributed by atoms with van der Waals surface area (Å²) in [6.07, 6.45) is 13.5. The highest BCUT2D eigenvalue weighted by atomic mass is 16.5. The van der Waals surface area contributed by atoms with Gasteiger partial charge in [-0.2, -0.15) is 0 Å². The summed E-state index contributed by atoms with van der Waals surface area (Å²) in [4.78, 5) is 47.0. The number of carbonyl (C=O) groups is 4. The van der Waals surface area contributed by atoms with E-state index in [9.17, 15) is 19.2 Å². The van der Waals surface area contributed by atoms with Crippen molar-refractivity contribution in [3.63, 3.8) is 0 Å². The Bertz CT molecular complexity index is 617. The molecule has 0 aromatic heterocycles. The average molecular weight is 530 g/mol. The summed E-state index contributed by atoms with van der Waals surface area (Å²) in [5, 5.41) is 2.60. The minimum Gasteiger partial charge on any atom is -0.466 e. The molecule has 0 radical (unpaired) electrons. The van der Waals surface area contributed by atoms with Gasteiger partial charge in [-0.1, -0.05) is 64.7 Å². The Morgan fingerprint density at radius 2 is 1.16 bits per heavy atom. The molecule has 1 unspecified atom stereocenters. The molecule has 10 nitrogen and oxygen atoms in total. The quantitative estimate of drug-likeness (QED) is 0.0915. The van der Waals surface area contributed by atoms with E-state index in [0.29, 0.717) is 25.8 Å². The van der Waals surface area contributed by atoms with E-state index in [0.717, 1.165) is 32.1 Å². The molecular weight excluding hydrogens is 478 g/mol. The van der Waals surface area contributed by atoms with Gasteiger partial charge in [-0.3, -0.25) is 19.2 Å². The lowest BCUT2D eigenvalue weighted by atomic mass is 10.1. The number of esters is 3. The first-order chi connectivity index (χ1) is 17.9. The summed E-state index contributed by atoms with van der Waals surface area (Å²) < 4.78 is 15.2. The Hall–Kier alpha value is -2.20. The van der Waals surface area contributed by atoms with E-state index < -0.39 is 18.0 Å². The van der Waals surface area contributed by atoms with Crippen LogP contribution in [-0.4, -0.2) is 62.8 Å². The summed E-state index contributed by atoms with van der Waals surface area (Å²) in [7, 11) is 0. The molecule has 10 heteroatoms. The van der Waals surface area contributed by atoms with Gasteiger partial charge < -0.3 is 31.0 Å². The van der Waals surface area contributed by atoms with Crippen molar-refractivity contribution in [3.8, 4) is 0 Å². The van der Waals surface area contributed by atoms with Gasteiger partial charge >= 0.3 is 17.9 Å². The molecule has 0 saturated carbocycles. The number of rotatable bonds is 25. The van der Waals surface area contributed by atoms with E-state index in [4.69, 9.17) is 25.7 Å². The van der Waals surface area contributed by atoms with Crippen LogP contribution in [0.4, 0.5) is 0 Å². The van der Waals surface area contributed by atoms with E-state index in [1.165, 1.54) is 38.5 Å². The molecule has 216 valence electrons. The minimum atomic E-state index is -0.611. The van der Waals surface area contributed by atoms with Gasteiger partial charge in [-0.25, -0.2) is 0 Å². The second-order valence-electron chi connectivity index (χ2n) is 9.28. The largest absolute Gasteiger partial charge is 0.466 e. The predicted molar refractivity (Wildman–Crippen MR) is 142 cm³/mol. The van der Waals surface area contributed by atoms with Crippen LogP contribution in [0.1, 0.15) is 110 Å². The molecule has 0 aliphatic rings. The van der Waals surface area contributed by atoms with Gasteiger partial charge in [-0.15, -0.1) is 0 Å². The number of ether oxygens (including phenoxy) is 3. The van der Waals surface area contributed by atoms with Crippen LogP contribution in [-0.2, 0) is 33.4 Å². The van der Waals surface area contributed by atoms with Crippen LogP contribution in [0.5, 0.6) is 0 Å². The van der Waals surface area contributed by atoms with Crippen molar-refractivity contribution in [1.29, 1.82) is 0 Å². The molecule has 0 aliphatic carbocycles. The van der Waals surface area contributed by atoms with Gasteiger partial charge in [0.05, 0.1) is 38.6 Å². The maximum Gasteiger partial charge on any atom is 0.306 e. The average Bonchev–Trinajstić information content (AvgIpc) is 2.88. The number of hydrogen-bond donors (Lipinski definition) is 3. The Labute approximate surface area is 222 Å². The third kappa shape index (κ3) is 23.9. The SMILES string of the molecule is CCCCCCCCCCCC(=O)OCCCOC(=O)CCC(=O)OCCNC(=O)C(N)CCCCN. The van der Waals surface area contributed by atoms with Crippen molar-refractivity contribution in [3.05, 3.63) is 0 Å². The Morgan fingerprint density at radius 1 is 0.649 bits per heavy atom. The van der Waals surface area contributed by atoms with Crippen LogP contribution in [0.25, 0.3) is 0 Å². The van der Waals surface area contributed by atoms with Crippen LogP contribution in [0.15, 0.2) is 0 Å². The van der Waals surface area contributed by atoms with Crippen LogP contribution >= 0.6 is 0 Å². The molecular formula is C27H51N3O7. The van der Waals surface area contributed by atoms with Crippen molar-refractivity contribution in [2.24, 2.45) is 11.5 Å². The number of unbranched alkanes of at least 4 members (excludes halogenated alkanes) is 9. The summed E-state index contributed by atoms with van der Waals surface area (Å²) >= 11 is 0. The Kier molecular flexibility index (Phi) is 23.9. The van der Waals surface area contributed by atoms with E-state index in [1.54, 1.807) is 0 Å². The van der Waals surface area contributed by atoms with Crippen molar-refractivity contribution in [2.45, 2.75) is 116 Å². The lowest BCUT2D eigenvalue weighted by molar-refractivity contribution is -0.151. The van der Waals surface area contributed by atoms with Crippen molar-refractivity contribution < 1.29 is 33.4 Å². The van der Waals surface area contributed by atoms with E-state index in [2.05, 4.69) is 12.2 Å². The van der Waals surface area contributed by atoms with Crippen molar-refractivity contribution >= 4 is 23.8 Å². The third-order valence-electron chi connectivity index (χ3n) is 5.80. The van der Waals surface area contributed by atoms with Gasteiger partial charge in [0.2, 0.25) is 5.91 Å². The van der Waals surface area contributed by atoms with Crippen molar-refractivity contribution in [1.82, 2.24) is 5.32 Å². The van der Waals surface area contributed by atoms with E-state index in [-0.39, 0.29) is 51.1 Å². The first-order valence-electron chi connectivity index (χ1n) is 14.1. The summed E-state index contributed by atoms with van der Waals surface area (Å²) in [5.41, 5.74) is 11.2. The van der Waals surface area contributed by atoms with Gasteiger partial charge in [0, 0.05) is 12.8 Å². The zero-order valence-electron chi connectivity index (χ0n) is 22.9. The van der Waals surface area contributed by atoms with E-state index in [1.807, 2.05) is 0 Å². The van der Waals surface area contributed by atoms with Crippen LogP contribution in [0, 0.1) is 0 Å². The van der Waals surface area contributed by atoms with Gasteiger partial charge in [0.25, 0.3) is 0 Å². The molecule has 1 amide bonds. The first-order valence-corrected chi connectivity index (χ1v) is 14.1. The summed E-state index contributed by atoms with van der Waals surface area (Å²) in [6, 6.07) is -0.611. The zero-order chi connectivity index (χ0) is 27.6. The molecule has 0 rings (SSSR count). The molecule has 0 aromatic rings. The lowest BCUT2D eigenvalue weighted by Gasteiger charge is -2.12. The smallest absolute Gasteiger partial charge is 0.306 e. The standard InChI is InChI=1S/C27H51N3O7/c1-2-3-4-5-6-7-8-9-10-15-24(31)35-20-13-21-36-25(32)16-17-26(33)37-22-19-30-27(34)23(29)14-11-12-18-28/h23H,2-22,28-29H2,1H3,(H,30,34). The molecule has 0 aromatic carbocycles. The maximum atomic E-state index is 11.8. The molecule has 0 bridgehead atoms. The Balaban J connectivity index is 3.56. The maximum absolute atomic E-state index is 11.8. The highest BCUT2D eigenvalue weighted by Gasteiger charge is 2.13. The molecule has 0 fully saturated rings. The second kappa shape index (κ2) is 25.4. The number of nitrogens with two attached hydrogens (primary N) is 2. The highest BCUT2D eigenvalue weighted by Crippen LogP contribution is 2.11. The van der Waals surface area contributed by atoms with Crippen molar-refractivity contribution in [2.75, 3.05) is 32.9 Å². The molecule has 0 spiro atoms. The molecule has 0 heterocycles. The van der Waals surface area contributed by atoms with Gasteiger partial charge in [0.15, 0.2) is 0 Å². The number of carbonyl (C=O) groups excluding carboxylic acids is 4. The molecule has 0 aliphatic heterocycles. The monoisotopic (exact) mass is 529 g/mol. The predicted octanol–water partition coefficient (Wildman–Crippen LogP) is 3.28.